The molecular formula is C29H27Cl2F2N7O2. The maximum Gasteiger partial charge on any atom is 0.333 e. The molecule has 2 unspecified atom stereocenters. The number of benzene rings is 2. The third-order valence-corrected chi connectivity index (χ3v) is 7.48. The van der Waals surface area contributed by atoms with Crippen molar-refractivity contribution in [2.45, 2.75) is 38.8 Å². The van der Waals surface area contributed by atoms with Crippen LogP contribution in [-0.2, 0) is 4.79 Å². The van der Waals surface area contributed by atoms with Crippen LogP contribution in [0.15, 0.2) is 77.2 Å². The Hall–Kier alpha value is -4.22. The van der Waals surface area contributed by atoms with Crippen LogP contribution >= 0.6 is 23.2 Å². The van der Waals surface area contributed by atoms with Crippen LogP contribution in [0.25, 0.3) is 22.5 Å². The lowest BCUT2D eigenvalue weighted by atomic mass is 9.94. The highest BCUT2D eigenvalue weighted by atomic mass is 35.5. The fraction of sp³-hybridized carbons (Fsp3) is 0.241. The molecule has 0 saturated heterocycles. The van der Waals surface area contributed by atoms with Crippen molar-refractivity contribution in [2.75, 3.05) is 10.6 Å². The number of carbonyl (C=O) groups excluding carboxylic acids is 1. The van der Waals surface area contributed by atoms with Crippen LogP contribution in [0.1, 0.15) is 44.3 Å². The monoisotopic (exact) mass is 613 g/mol. The van der Waals surface area contributed by atoms with Gasteiger partial charge in [0.2, 0.25) is 5.91 Å². The number of fused-ring (bicyclic) bond motifs is 4. The van der Waals surface area contributed by atoms with Gasteiger partial charge in [-0.05, 0) is 42.7 Å². The summed E-state index contributed by atoms with van der Waals surface area (Å²) in [5, 5.41) is 10.1. The van der Waals surface area contributed by atoms with E-state index in [0.29, 0.717) is 51.5 Å². The zero-order valence-corrected chi connectivity index (χ0v) is 23.9. The number of aromatic nitrogens is 4. The van der Waals surface area contributed by atoms with Gasteiger partial charge in [0.05, 0.1) is 35.6 Å². The number of nitrogens with zero attached hydrogens (tertiary/aromatic N) is 4. The first-order chi connectivity index (χ1) is 20.1. The molecule has 2 aromatic carbocycles. The summed E-state index contributed by atoms with van der Waals surface area (Å²) in [5.74, 6) is -0.688. The van der Waals surface area contributed by atoms with E-state index < -0.39 is 18.5 Å². The maximum atomic E-state index is 13.9. The third-order valence-electron chi connectivity index (χ3n) is 7.14. The van der Waals surface area contributed by atoms with Crippen molar-refractivity contribution >= 4 is 40.5 Å². The van der Waals surface area contributed by atoms with Gasteiger partial charge in [-0.2, -0.15) is 13.9 Å². The lowest BCUT2D eigenvalue weighted by Gasteiger charge is -2.23. The van der Waals surface area contributed by atoms with Gasteiger partial charge in [0.15, 0.2) is 0 Å². The number of hydrogen-bond acceptors (Lipinski definition) is 6. The second-order valence-corrected chi connectivity index (χ2v) is 10.8. The average molecular weight is 614 g/mol. The number of alkyl halides is 2. The molecule has 0 aliphatic carbocycles. The molecule has 218 valence electrons. The number of nitrogens with two attached hydrogens (primary N) is 1. The number of anilines is 2. The van der Waals surface area contributed by atoms with Crippen LogP contribution in [0.5, 0.6) is 0 Å². The van der Waals surface area contributed by atoms with E-state index in [1.165, 1.54) is 29.4 Å². The quantitative estimate of drug-likeness (QED) is 0.219. The largest absolute Gasteiger partial charge is 0.388 e. The van der Waals surface area contributed by atoms with Crippen molar-refractivity contribution in [2.24, 2.45) is 11.7 Å². The van der Waals surface area contributed by atoms with Crippen molar-refractivity contribution in [1.82, 2.24) is 19.3 Å². The predicted octanol–water partition coefficient (Wildman–Crippen LogP) is 6.58. The van der Waals surface area contributed by atoms with Crippen molar-refractivity contribution in [3.63, 3.8) is 0 Å². The summed E-state index contributed by atoms with van der Waals surface area (Å²) in [4.78, 5) is 31.1. The minimum absolute atomic E-state index is 0.0412. The van der Waals surface area contributed by atoms with Gasteiger partial charge < -0.3 is 16.4 Å². The Morgan fingerprint density at radius 2 is 2.00 bits per heavy atom. The Bertz CT molecular complexity index is 1720. The fourth-order valence-corrected chi connectivity index (χ4v) is 5.27. The molecule has 1 aliphatic rings. The van der Waals surface area contributed by atoms with Crippen LogP contribution in [0.3, 0.4) is 0 Å². The summed E-state index contributed by atoms with van der Waals surface area (Å²) < 4.78 is 29.9. The Labute approximate surface area is 250 Å². The average Bonchev–Trinajstić information content (AvgIpc) is 3.38. The van der Waals surface area contributed by atoms with Gasteiger partial charge in [-0.3, -0.25) is 14.2 Å². The minimum Gasteiger partial charge on any atom is -0.388 e. The summed E-state index contributed by atoms with van der Waals surface area (Å²) in [7, 11) is 0. The first-order valence-electron chi connectivity index (χ1n) is 13.1. The number of amides is 1. The molecule has 0 radical (unpaired) electrons. The van der Waals surface area contributed by atoms with E-state index in [-0.39, 0.29) is 28.0 Å². The molecule has 2 aromatic heterocycles. The molecule has 0 fully saturated rings. The Kier molecular flexibility index (Phi) is 8.60. The van der Waals surface area contributed by atoms with Gasteiger partial charge in [-0.25, -0.2) is 9.67 Å². The van der Waals surface area contributed by atoms with Gasteiger partial charge >= 0.3 is 6.55 Å². The molecule has 5 rings (SSSR count). The molecule has 1 amide bonds. The highest BCUT2D eigenvalue weighted by Crippen LogP contribution is 2.36. The topological polar surface area (TPSA) is 120 Å². The van der Waals surface area contributed by atoms with E-state index in [9.17, 15) is 18.4 Å². The summed E-state index contributed by atoms with van der Waals surface area (Å²) in [5.41, 5.74) is 8.17. The molecule has 4 N–H and O–H groups in total. The van der Waals surface area contributed by atoms with E-state index in [4.69, 9.17) is 28.9 Å². The number of hydrogen-bond donors (Lipinski definition) is 3. The lowest BCUT2D eigenvalue weighted by Crippen LogP contribution is -2.26. The standard InChI is InChI=1S/C29H27Cl2F2N7O2/c1-16-4-2-7-24(17-5-3-6-18(10-17)27-23(38-28(16)42)13-37-40(27)29(32)33)39-15-36-22(12-26(39)41)20-11-19(30)8-9-21(20)35-14-25(31)34/h3,5-6,8-16,24,29,35H,2,4,7,34H2,1H3,(H,38,42)/b25-14-. The Morgan fingerprint density at radius 3 is 2.74 bits per heavy atom. The molecule has 0 spiro atoms. The molecule has 9 nitrogen and oxygen atoms in total. The number of rotatable bonds is 5. The van der Waals surface area contributed by atoms with Crippen molar-refractivity contribution in [3.8, 4) is 22.5 Å². The zero-order valence-electron chi connectivity index (χ0n) is 22.4. The van der Waals surface area contributed by atoms with Crippen molar-refractivity contribution in [1.29, 1.82) is 0 Å². The van der Waals surface area contributed by atoms with Gasteiger partial charge in [-0.1, -0.05) is 54.7 Å². The molecule has 0 saturated carbocycles. The van der Waals surface area contributed by atoms with Crippen LogP contribution in [0.2, 0.25) is 5.02 Å². The second kappa shape index (κ2) is 12.3. The minimum atomic E-state index is -2.92. The SMILES string of the molecule is CC1CCCC(n2cnc(-c3cc(Cl)ccc3N/C=C(\N)Cl)cc2=O)c2cccc(c2)-c2c(cnn2C(F)F)NC1=O. The molecule has 42 heavy (non-hydrogen) atoms. The van der Waals surface area contributed by atoms with E-state index in [1.807, 2.05) is 6.07 Å². The van der Waals surface area contributed by atoms with Crippen LogP contribution in [0.4, 0.5) is 20.2 Å². The number of halogens is 4. The highest BCUT2D eigenvalue weighted by molar-refractivity contribution is 6.31. The zero-order chi connectivity index (χ0) is 30.0. The predicted molar refractivity (Wildman–Crippen MR) is 159 cm³/mol. The van der Waals surface area contributed by atoms with Crippen molar-refractivity contribution < 1.29 is 13.6 Å². The maximum absolute atomic E-state index is 13.9. The van der Waals surface area contributed by atoms with Gasteiger partial charge in [-0.15, -0.1) is 0 Å². The van der Waals surface area contributed by atoms with Crippen LogP contribution in [0, 0.1) is 5.92 Å². The third kappa shape index (κ3) is 6.17. The fourth-order valence-electron chi connectivity index (χ4n) is 5.05. The Morgan fingerprint density at radius 1 is 1.19 bits per heavy atom. The number of carbonyl (C=O) groups is 1. The van der Waals surface area contributed by atoms with Crippen LogP contribution in [-0.4, -0.2) is 25.2 Å². The first kappa shape index (κ1) is 29.3. The Balaban J connectivity index is 1.60. The smallest absolute Gasteiger partial charge is 0.333 e. The summed E-state index contributed by atoms with van der Waals surface area (Å²) in [6.45, 7) is -1.14. The van der Waals surface area contributed by atoms with Gasteiger partial charge in [0.1, 0.15) is 5.16 Å². The van der Waals surface area contributed by atoms with E-state index >= 15 is 0 Å². The molecular weight excluding hydrogens is 587 g/mol. The van der Waals surface area contributed by atoms with Gasteiger partial charge in [0, 0.05) is 40.0 Å². The van der Waals surface area contributed by atoms with Crippen LogP contribution < -0.4 is 21.9 Å². The highest BCUT2D eigenvalue weighted by Gasteiger charge is 2.25. The molecule has 4 aromatic rings. The second-order valence-electron chi connectivity index (χ2n) is 9.97. The first-order valence-corrected chi connectivity index (χ1v) is 13.9. The molecule has 13 heteroatoms. The summed E-state index contributed by atoms with van der Waals surface area (Å²) in [6, 6.07) is 13.0. The molecule has 2 bridgehead atoms. The normalized spacial score (nSPS) is 17.7. The molecule has 1 aliphatic heterocycles. The lowest BCUT2D eigenvalue weighted by molar-refractivity contribution is -0.119. The summed E-state index contributed by atoms with van der Waals surface area (Å²) >= 11 is 12.0. The van der Waals surface area contributed by atoms with E-state index in [2.05, 4.69) is 20.7 Å². The van der Waals surface area contributed by atoms with Crippen molar-refractivity contribution in [3.05, 3.63) is 93.4 Å². The van der Waals surface area contributed by atoms with E-state index in [1.54, 1.807) is 43.3 Å². The summed E-state index contributed by atoms with van der Waals surface area (Å²) in [6.07, 6.45) is 5.74. The van der Waals surface area contributed by atoms with E-state index in [0.717, 1.165) is 5.56 Å². The molecule has 3 heterocycles. The number of nitrogens with one attached hydrogen (secondary N) is 2. The molecule has 2 atom stereocenters. The van der Waals surface area contributed by atoms with Gasteiger partial charge in [0.25, 0.3) is 5.56 Å².